The first kappa shape index (κ1) is 12.3. The topological polar surface area (TPSA) is 45.8 Å². The first-order valence-corrected chi connectivity index (χ1v) is 5.10. The Balaban J connectivity index is 2.56. The molecule has 0 unspecified atom stereocenters. The van der Waals surface area contributed by atoms with Crippen LogP contribution >= 0.6 is 0 Å². The largest absolute Gasteiger partial charge is 0.416 e. The lowest BCUT2D eigenvalue weighted by molar-refractivity contribution is -0.137. The van der Waals surface area contributed by atoms with Gasteiger partial charge in [0.15, 0.2) is 0 Å². The van der Waals surface area contributed by atoms with Crippen LogP contribution in [0.3, 0.4) is 0 Å². The van der Waals surface area contributed by atoms with Crippen LogP contribution in [0.2, 0.25) is 0 Å². The first-order chi connectivity index (χ1) is 8.39. The van der Waals surface area contributed by atoms with Crippen LogP contribution in [0.25, 0.3) is 11.1 Å². The van der Waals surface area contributed by atoms with E-state index in [-0.39, 0.29) is 11.1 Å². The third-order valence-corrected chi connectivity index (χ3v) is 2.56. The SMILES string of the molecule is Cc1cc(C(F)(F)F)ccc1-c1cnc[nH]c1=O. The van der Waals surface area contributed by atoms with Crippen LogP contribution in [0.15, 0.2) is 35.5 Å². The molecule has 1 aromatic heterocycles. The molecule has 94 valence electrons. The summed E-state index contributed by atoms with van der Waals surface area (Å²) in [5, 5.41) is 0. The molecule has 1 heterocycles. The van der Waals surface area contributed by atoms with Gasteiger partial charge in [-0.3, -0.25) is 4.79 Å². The van der Waals surface area contributed by atoms with Crippen molar-refractivity contribution in [1.82, 2.24) is 9.97 Å². The lowest BCUT2D eigenvalue weighted by atomic mass is 10.0. The van der Waals surface area contributed by atoms with Gasteiger partial charge in [0.05, 0.1) is 17.5 Å². The minimum absolute atomic E-state index is 0.253. The molecule has 0 fully saturated rings. The average Bonchev–Trinajstić information content (AvgIpc) is 2.29. The van der Waals surface area contributed by atoms with E-state index in [4.69, 9.17) is 0 Å². The van der Waals surface area contributed by atoms with Gasteiger partial charge in [0.2, 0.25) is 0 Å². The Morgan fingerprint density at radius 1 is 1.22 bits per heavy atom. The predicted octanol–water partition coefficient (Wildman–Crippen LogP) is 2.76. The van der Waals surface area contributed by atoms with Crippen molar-refractivity contribution in [2.75, 3.05) is 0 Å². The summed E-state index contributed by atoms with van der Waals surface area (Å²) >= 11 is 0. The van der Waals surface area contributed by atoms with Crippen LogP contribution in [-0.4, -0.2) is 9.97 Å². The average molecular weight is 254 g/mol. The molecule has 0 saturated carbocycles. The third-order valence-electron chi connectivity index (χ3n) is 2.56. The highest BCUT2D eigenvalue weighted by molar-refractivity contribution is 5.65. The van der Waals surface area contributed by atoms with E-state index in [1.807, 2.05) is 0 Å². The molecule has 2 rings (SSSR count). The number of nitrogens with one attached hydrogen (secondary N) is 1. The fourth-order valence-electron chi connectivity index (χ4n) is 1.68. The van der Waals surface area contributed by atoms with Crippen molar-refractivity contribution in [3.8, 4) is 11.1 Å². The maximum absolute atomic E-state index is 12.5. The highest BCUT2D eigenvalue weighted by atomic mass is 19.4. The molecule has 1 aromatic carbocycles. The van der Waals surface area contributed by atoms with Crippen LogP contribution in [0.1, 0.15) is 11.1 Å². The fourth-order valence-corrected chi connectivity index (χ4v) is 1.68. The molecular weight excluding hydrogens is 245 g/mol. The second kappa shape index (κ2) is 4.29. The summed E-state index contributed by atoms with van der Waals surface area (Å²) in [7, 11) is 0. The molecule has 0 amide bonds. The zero-order valence-corrected chi connectivity index (χ0v) is 9.38. The van der Waals surface area contributed by atoms with Gasteiger partial charge in [-0.2, -0.15) is 13.2 Å². The van der Waals surface area contributed by atoms with Crippen molar-refractivity contribution < 1.29 is 13.2 Å². The van der Waals surface area contributed by atoms with Crippen molar-refractivity contribution >= 4 is 0 Å². The number of aryl methyl sites for hydroxylation is 1. The van der Waals surface area contributed by atoms with Crippen molar-refractivity contribution in [2.45, 2.75) is 13.1 Å². The van der Waals surface area contributed by atoms with Gasteiger partial charge in [-0.25, -0.2) is 4.98 Å². The number of hydrogen-bond donors (Lipinski definition) is 1. The van der Waals surface area contributed by atoms with E-state index in [9.17, 15) is 18.0 Å². The normalized spacial score (nSPS) is 11.6. The molecule has 3 nitrogen and oxygen atoms in total. The second-order valence-corrected chi connectivity index (χ2v) is 3.82. The lowest BCUT2D eigenvalue weighted by Gasteiger charge is -2.10. The number of aromatic amines is 1. The number of H-pyrrole nitrogens is 1. The molecule has 2 aromatic rings. The van der Waals surface area contributed by atoms with Crippen LogP contribution in [0.5, 0.6) is 0 Å². The van der Waals surface area contributed by atoms with Gasteiger partial charge < -0.3 is 4.98 Å². The van der Waals surface area contributed by atoms with Crippen molar-refractivity contribution in [1.29, 1.82) is 0 Å². The lowest BCUT2D eigenvalue weighted by Crippen LogP contribution is -2.10. The number of aromatic nitrogens is 2. The van der Waals surface area contributed by atoms with E-state index in [0.717, 1.165) is 12.1 Å². The molecule has 1 N–H and O–H groups in total. The fraction of sp³-hybridized carbons (Fsp3) is 0.167. The monoisotopic (exact) mass is 254 g/mol. The summed E-state index contributed by atoms with van der Waals surface area (Å²) < 4.78 is 37.5. The van der Waals surface area contributed by atoms with Crippen molar-refractivity contribution in [3.63, 3.8) is 0 Å². The third kappa shape index (κ3) is 2.27. The molecule has 0 saturated heterocycles. The van der Waals surface area contributed by atoms with E-state index in [1.165, 1.54) is 25.5 Å². The molecule has 0 aliphatic rings. The van der Waals surface area contributed by atoms with E-state index >= 15 is 0 Å². The second-order valence-electron chi connectivity index (χ2n) is 3.82. The van der Waals surface area contributed by atoms with Crippen LogP contribution < -0.4 is 5.56 Å². The van der Waals surface area contributed by atoms with Crippen LogP contribution in [0.4, 0.5) is 13.2 Å². The number of rotatable bonds is 1. The number of nitrogens with zero attached hydrogens (tertiary/aromatic N) is 1. The molecule has 0 bridgehead atoms. The summed E-state index contributed by atoms with van der Waals surface area (Å²) in [5.74, 6) is 0. The molecule has 0 aliphatic carbocycles. The number of alkyl halides is 3. The highest BCUT2D eigenvalue weighted by Crippen LogP contribution is 2.32. The van der Waals surface area contributed by atoms with E-state index < -0.39 is 11.7 Å². The number of benzene rings is 1. The van der Waals surface area contributed by atoms with Crippen molar-refractivity contribution in [2.24, 2.45) is 0 Å². The zero-order valence-electron chi connectivity index (χ0n) is 9.38. The van der Waals surface area contributed by atoms with Gasteiger partial charge in [-0.15, -0.1) is 0 Å². The molecule has 0 radical (unpaired) electrons. The predicted molar refractivity (Wildman–Crippen MR) is 60.0 cm³/mol. The van der Waals surface area contributed by atoms with E-state index in [2.05, 4.69) is 9.97 Å². The highest BCUT2D eigenvalue weighted by Gasteiger charge is 2.30. The molecule has 0 spiro atoms. The quantitative estimate of drug-likeness (QED) is 0.850. The molecule has 0 atom stereocenters. The number of halogens is 3. The Kier molecular flexibility index (Phi) is 2.94. The Morgan fingerprint density at radius 3 is 2.50 bits per heavy atom. The van der Waals surface area contributed by atoms with Crippen molar-refractivity contribution in [3.05, 3.63) is 52.2 Å². The standard InChI is InChI=1S/C12H9F3N2O/c1-7-4-8(12(13,14)15)2-3-9(7)10-5-16-6-17-11(10)18/h2-6H,1H3,(H,16,17,18). The minimum Gasteiger partial charge on any atom is -0.313 e. The van der Waals surface area contributed by atoms with Gasteiger partial charge in [-0.1, -0.05) is 6.07 Å². The van der Waals surface area contributed by atoms with Gasteiger partial charge >= 0.3 is 6.18 Å². The van der Waals surface area contributed by atoms with Gasteiger partial charge in [0, 0.05) is 6.20 Å². The van der Waals surface area contributed by atoms with Crippen LogP contribution in [0, 0.1) is 6.92 Å². The smallest absolute Gasteiger partial charge is 0.313 e. The Labute approximate surface area is 100 Å². The molecule has 18 heavy (non-hydrogen) atoms. The zero-order chi connectivity index (χ0) is 13.3. The first-order valence-electron chi connectivity index (χ1n) is 5.10. The Bertz CT molecular complexity index is 632. The van der Waals surface area contributed by atoms with E-state index in [0.29, 0.717) is 11.1 Å². The molecular formula is C12H9F3N2O. The number of hydrogen-bond acceptors (Lipinski definition) is 2. The van der Waals surface area contributed by atoms with Crippen LogP contribution in [-0.2, 0) is 6.18 Å². The molecule has 6 heteroatoms. The maximum atomic E-state index is 12.5. The Hall–Kier alpha value is -2.11. The van der Waals surface area contributed by atoms with Gasteiger partial charge in [-0.05, 0) is 30.2 Å². The summed E-state index contributed by atoms with van der Waals surface area (Å²) in [6.45, 7) is 1.52. The van der Waals surface area contributed by atoms with Gasteiger partial charge in [0.25, 0.3) is 5.56 Å². The Morgan fingerprint density at radius 2 is 1.94 bits per heavy atom. The van der Waals surface area contributed by atoms with Gasteiger partial charge in [0.1, 0.15) is 0 Å². The summed E-state index contributed by atoms with van der Waals surface area (Å²) in [4.78, 5) is 17.7. The summed E-state index contributed by atoms with van der Waals surface area (Å²) in [6.07, 6.45) is -1.83. The van der Waals surface area contributed by atoms with E-state index in [1.54, 1.807) is 0 Å². The molecule has 0 aliphatic heterocycles. The summed E-state index contributed by atoms with van der Waals surface area (Å²) in [6, 6.07) is 3.25. The summed E-state index contributed by atoms with van der Waals surface area (Å²) in [5.41, 5.74) is -0.0404. The maximum Gasteiger partial charge on any atom is 0.416 e. The minimum atomic E-state index is -4.38.